The first-order valence-corrected chi connectivity index (χ1v) is 5.68. The molecule has 0 N–H and O–H groups in total. The summed E-state index contributed by atoms with van der Waals surface area (Å²) in [7, 11) is 0. The van der Waals surface area contributed by atoms with Crippen LogP contribution in [0.5, 0.6) is 0 Å². The van der Waals surface area contributed by atoms with E-state index in [0.29, 0.717) is 11.1 Å². The molecule has 0 spiro atoms. The molecule has 0 saturated carbocycles. The molecule has 0 fully saturated rings. The summed E-state index contributed by atoms with van der Waals surface area (Å²) in [5.74, 6) is -0.123. The van der Waals surface area contributed by atoms with E-state index in [1.54, 1.807) is 18.2 Å². The number of hydrogen-bond acceptors (Lipinski definition) is 3. The first kappa shape index (κ1) is 11.1. The standard InChI is InChI=1S/C12H9BrO3/c1-7(14)11(13)9-6-8-4-2-3-5-10(8)16-12(9)15/h2-6,11H,1H3. The summed E-state index contributed by atoms with van der Waals surface area (Å²) in [4.78, 5) is 22.2. The average Bonchev–Trinajstić information content (AvgIpc) is 2.27. The van der Waals surface area contributed by atoms with Gasteiger partial charge in [-0.05, 0) is 19.1 Å². The van der Waals surface area contributed by atoms with Crippen molar-refractivity contribution >= 4 is 32.7 Å². The molecule has 1 aromatic carbocycles. The third-order valence-electron chi connectivity index (χ3n) is 2.30. The quantitative estimate of drug-likeness (QED) is 0.628. The summed E-state index contributed by atoms with van der Waals surface area (Å²) in [6, 6.07) is 8.88. The number of hydrogen-bond donors (Lipinski definition) is 0. The van der Waals surface area contributed by atoms with Gasteiger partial charge in [-0.1, -0.05) is 34.1 Å². The van der Waals surface area contributed by atoms with Gasteiger partial charge in [-0.15, -0.1) is 0 Å². The maximum Gasteiger partial charge on any atom is 0.341 e. The molecule has 0 radical (unpaired) electrons. The SMILES string of the molecule is CC(=O)C(Br)c1cc2ccccc2oc1=O. The van der Waals surface area contributed by atoms with Crippen LogP contribution in [-0.4, -0.2) is 5.78 Å². The van der Waals surface area contributed by atoms with Gasteiger partial charge >= 0.3 is 5.63 Å². The number of alkyl halides is 1. The Kier molecular flexibility index (Phi) is 2.92. The maximum atomic E-state index is 11.6. The molecule has 0 aliphatic heterocycles. The van der Waals surface area contributed by atoms with Crippen molar-refractivity contribution in [1.29, 1.82) is 0 Å². The zero-order chi connectivity index (χ0) is 11.7. The fourth-order valence-corrected chi connectivity index (χ4v) is 1.79. The predicted octanol–water partition coefficient (Wildman–Crippen LogP) is 2.82. The van der Waals surface area contributed by atoms with E-state index >= 15 is 0 Å². The molecule has 1 atom stereocenters. The molecule has 0 saturated heterocycles. The molecule has 0 aliphatic carbocycles. The third kappa shape index (κ3) is 1.93. The molecule has 16 heavy (non-hydrogen) atoms. The van der Waals surface area contributed by atoms with Gasteiger partial charge in [-0.25, -0.2) is 4.79 Å². The molecule has 0 bridgehead atoms. The van der Waals surface area contributed by atoms with Crippen molar-refractivity contribution in [2.24, 2.45) is 0 Å². The molecule has 1 heterocycles. The Bertz CT molecular complexity index is 600. The summed E-state index contributed by atoms with van der Waals surface area (Å²) in [5.41, 5.74) is 0.390. The van der Waals surface area contributed by atoms with Gasteiger partial charge in [0.1, 0.15) is 16.2 Å². The summed E-state index contributed by atoms with van der Waals surface area (Å²) < 4.78 is 5.13. The van der Waals surface area contributed by atoms with E-state index in [0.717, 1.165) is 5.39 Å². The fraction of sp³-hybridized carbons (Fsp3) is 0.167. The van der Waals surface area contributed by atoms with Crippen LogP contribution in [0.25, 0.3) is 11.0 Å². The normalized spacial score (nSPS) is 12.6. The molecule has 1 aromatic heterocycles. The first-order chi connectivity index (χ1) is 7.59. The largest absolute Gasteiger partial charge is 0.422 e. The van der Waals surface area contributed by atoms with Gasteiger partial charge in [0.25, 0.3) is 0 Å². The molecule has 2 rings (SSSR count). The Balaban J connectivity index is 2.67. The predicted molar refractivity (Wildman–Crippen MR) is 64.8 cm³/mol. The highest BCUT2D eigenvalue weighted by molar-refractivity contribution is 9.09. The minimum Gasteiger partial charge on any atom is -0.422 e. The molecule has 2 aromatic rings. The lowest BCUT2D eigenvalue weighted by molar-refractivity contribution is -0.116. The molecule has 0 amide bonds. The van der Waals surface area contributed by atoms with Crippen LogP contribution in [0, 0.1) is 0 Å². The maximum absolute atomic E-state index is 11.6. The van der Waals surface area contributed by atoms with Crippen LogP contribution in [-0.2, 0) is 4.79 Å². The number of para-hydroxylation sites is 1. The first-order valence-electron chi connectivity index (χ1n) is 4.77. The van der Waals surface area contributed by atoms with Gasteiger partial charge in [-0.3, -0.25) is 4.79 Å². The smallest absolute Gasteiger partial charge is 0.341 e. The van der Waals surface area contributed by atoms with Crippen LogP contribution in [0.3, 0.4) is 0 Å². The van der Waals surface area contributed by atoms with Crippen molar-refractivity contribution in [2.45, 2.75) is 11.8 Å². The number of fused-ring (bicyclic) bond motifs is 1. The molecule has 82 valence electrons. The van der Waals surface area contributed by atoms with Crippen LogP contribution < -0.4 is 5.63 Å². The van der Waals surface area contributed by atoms with E-state index in [9.17, 15) is 9.59 Å². The van der Waals surface area contributed by atoms with Crippen molar-refractivity contribution < 1.29 is 9.21 Å². The molecule has 0 aliphatic rings. The Morgan fingerprint density at radius 3 is 2.75 bits per heavy atom. The highest BCUT2D eigenvalue weighted by Gasteiger charge is 2.18. The van der Waals surface area contributed by atoms with E-state index in [2.05, 4.69) is 15.9 Å². The van der Waals surface area contributed by atoms with Gasteiger partial charge in [-0.2, -0.15) is 0 Å². The second-order valence-electron chi connectivity index (χ2n) is 3.50. The zero-order valence-corrected chi connectivity index (χ0v) is 10.2. The van der Waals surface area contributed by atoms with Gasteiger partial charge < -0.3 is 4.42 Å². The molecular weight excluding hydrogens is 272 g/mol. The van der Waals surface area contributed by atoms with Gasteiger partial charge in [0, 0.05) is 5.39 Å². The Morgan fingerprint density at radius 1 is 1.38 bits per heavy atom. The fourth-order valence-electron chi connectivity index (χ4n) is 1.47. The van der Waals surface area contributed by atoms with E-state index in [4.69, 9.17) is 4.42 Å². The summed E-state index contributed by atoms with van der Waals surface area (Å²) in [5, 5.41) is 0.808. The average molecular weight is 281 g/mol. The van der Waals surface area contributed by atoms with Crippen LogP contribution >= 0.6 is 15.9 Å². The summed E-state index contributed by atoms with van der Waals surface area (Å²) in [6.07, 6.45) is 0. The molecule has 1 unspecified atom stereocenters. The van der Waals surface area contributed by atoms with Crippen molar-refractivity contribution in [3.05, 3.63) is 46.3 Å². The van der Waals surface area contributed by atoms with Gasteiger partial charge in [0.15, 0.2) is 0 Å². The molecule has 3 nitrogen and oxygen atoms in total. The van der Waals surface area contributed by atoms with E-state index in [1.165, 1.54) is 6.92 Å². The number of Topliss-reactive ketones (excluding diaryl/α,β-unsaturated/α-hetero) is 1. The number of rotatable bonds is 2. The second kappa shape index (κ2) is 4.22. The molecular formula is C12H9BrO3. The van der Waals surface area contributed by atoms with Gasteiger partial charge in [0.2, 0.25) is 0 Å². The lowest BCUT2D eigenvalue weighted by Gasteiger charge is -2.05. The van der Waals surface area contributed by atoms with E-state index in [-0.39, 0.29) is 5.78 Å². The number of ketones is 1. The zero-order valence-electron chi connectivity index (χ0n) is 8.57. The Morgan fingerprint density at radius 2 is 2.06 bits per heavy atom. The van der Waals surface area contributed by atoms with Crippen molar-refractivity contribution in [3.63, 3.8) is 0 Å². The van der Waals surface area contributed by atoms with Crippen LogP contribution in [0.1, 0.15) is 17.3 Å². The van der Waals surface area contributed by atoms with E-state index < -0.39 is 10.5 Å². The Labute approximate surface area is 100 Å². The van der Waals surface area contributed by atoms with Crippen LogP contribution in [0.2, 0.25) is 0 Å². The second-order valence-corrected chi connectivity index (χ2v) is 4.42. The summed E-state index contributed by atoms with van der Waals surface area (Å²) in [6.45, 7) is 1.42. The monoisotopic (exact) mass is 280 g/mol. The van der Waals surface area contributed by atoms with Crippen LogP contribution in [0.15, 0.2) is 39.5 Å². The highest BCUT2D eigenvalue weighted by atomic mass is 79.9. The van der Waals surface area contributed by atoms with Crippen molar-refractivity contribution in [1.82, 2.24) is 0 Å². The van der Waals surface area contributed by atoms with Crippen molar-refractivity contribution in [3.8, 4) is 0 Å². The minimum absolute atomic E-state index is 0.123. The lowest BCUT2D eigenvalue weighted by Crippen LogP contribution is -2.13. The Hall–Kier alpha value is -1.42. The lowest BCUT2D eigenvalue weighted by atomic mass is 10.1. The number of carbonyl (C=O) groups excluding carboxylic acids is 1. The van der Waals surface area contributed by atoms with Crippen molar-refractivity contribution in [2.75, 3.05) is 0 Å². The number of halogens is 1. The number of benzene rings is 1. The highest BCUT2D eigenvalue weighted by Crippen LogP contribution is 2.23. The molecule has 4 heteroatoms. The summed E-state index contributed by atoms with van der Waals surface area (Å²) >= 11 is 3.18. The minimum atomic E-state index is -0.603. The third-order valence-corrected chi connectivity index (χ3v) is 3.44. The van der Waals surface area contributed by atoms with E-state index in [1.807, 2.05) is 12.1 Å². The number of carbonyl (C=O) groups is 1. The van der Waals surface area contributed by atoms with Crippen LogP contribution in [0.4, 0.5) is 0 Å². The van der Waals surface area contributed by atoms with Gasteiger partial charge in [0.05, 0.1) is 5.56 Å². The topological polar surface area (TPSA) is 47.3 Å².